The lowest BCUT2D eigenvalue weighted by Crippen LogP contribution is -2.26. The summed E-state index contributed by atoms with van der Waals surface area (Å²) in [6, 6.07) is 5.94. The highest BCUT2D eigenvalue weighted by atomic mass is 19.1. The molecule has 0 aliphatic heterocycles. The van der Waals surface area contributed by atoms with Crippen LogP contribution in [0.1, 0.15) is 12.8 Å². The van der Waals surface area contributed by atoms with Crippen LogP contribution in [0, 0.1) is 5.82 Å². The second-order valence-electron chi connectivity index (χ2n) is 4.23. The quantitative estimate of drug-likeness (QED) is 0.787. The van der Waals surface area contributed by atoms with E-state index >= 15 is 0 Å². The topological polar surface area (TPSA) is 69.6 Å². The summed E-state index contributed by atoms with van der Waals surface area (Å²) in [7, 11) is 1.74. The van der Waals surface area contributed by atoms with Gasteiger partial charge in [-0.05, 0) is 19.2 Å². The third kappa shape index (κ3) is 5.96. The lowest BCUT2D eigenvalue weighted by molar-refractivity contribution is -0.137. The molecule has 0 heterocycles. The third-order valence-corrected chi connectivity index (χ3v) is 2.58. The highest BCUT2D eigenvalue weighted by Crippen LogP contribution is 2.12. The number of aliphatic carboxylic acids is 1. The average Bonchev–Trinajstić information content (AvgIpc) is 2.36. The third-order valence-electron chi connectivity index (χ3n) is 2.58. The maximum absolute atomic E-state index is 13.3. The van der Waals surface area contributed by atoms with Crippen LogP contribution in [-0.4, -0.2) is 42.0 Å². The molecule has 0 saturated heterocycles. The van der Waals surface area contributed by atoms with Crippen LogP contribution in [0.3, 0.4) is 0 Å². The van der Waals surface area contributed by atoms with E-state index in [0.717, 1.165) is 0 Å². The number of nitrogens with one attached hydrogen (secondary N) is 1. The smallest absolute Gasteiger partial charge is 0.304 e. The van der Waals surface area contributed by atoms with Crippen LogP contribution in [0.5, 0.6) is 0 Å². The Kier molecular flexibility index (Phi) is 5.95. The van der Waals surface area contributed by atoms with Crippen LogP contribution in [0.4, 0.5) is 10.1 Å². The van der Waals surface area contributed by atoms with Crippen LogP contribution >= 0.6 is 0 Å². The molecule has 1 aromatic rings. The summed E-state index contributed by atoms with van der Waals surface area (Å²) in [6.45, 7) is 0.801. The minimum atomic E-state index is -0.873. The van der Waals surface area contributed by atoms with Gasteiger partial charge in [-0.2, -0.15) is 0 Å². The van der Waals surface area contributed by atoms with Crippen molar-refractivity contribution in [2.45, 2.75) is 12.8 Å². The summed E-state index contributed by atoms with van der Waals surface area (Å²) in [5.41, 5.74) is 0.153. The fraction of sp³-hybridized carbons (Fsp3) is 0.385. The van der Waals surface area contributed by atoms with Gasteiger partial charge in [-0.25, -0.2) is 4.39 Å². The molecule has 1 rings (SSSR count). The molecule has 0 bridgehead atoms. The molecule has 104 valence electrons. The van der Waals surface area contributed by atoms with E-state index in [4.69, 9.17) is 5.11 Å². The van der Waals surface area contributed by atoms with E-state index in [1.807, 2.05) is 0 Å². The van der Waals surface area contributed by atoms with E-state index in [1.165, 1.54) is 12.1 Å². The lowest BCUT2D eigenvalue weighted by atomic mass is 10.3. The molecule has 0 unspecified atom stereocenters. The number of hydrogen-bond acceptors (Lipinski definition) is 3. The van der Waals surface area contributed by atoms with Crippen LogP contribution in [0.15, 0.2) is 24.3 Å². The first-order chi connectivity index (χ1) is 8.99. The van der Waals surface area contributed by atoms with E-state index in [1.54, 1.807) is 24.1 Å². The van der Waals surface area contributed by atoms with Gasteiger partial charge in [-0.1, -0.05) is 12.1 Å². The molecule has 0 fully saturated rings. The van der Waals surface area contributed by atoms with Crippen molar-refractivity contribution in [3.8, 4) is 0 Å². The minimum absolute atomic E-state index is 0.0332. The molecule has 0 aliphatic rings. The molecule has 0 atom stereocenters. The number of carbonyl (C=O) groups is 2. The number of carboxylic acid groups (broad SMARTS) is 1. The number of amides is 1. The zero-order valence-electron chi connectivity index (χ0n) is 10.7. The van der Waals surface area contributed by atoms with Gasteiger partial charge in [-0.3, -0.25) is 9.59 Å². The van der Waals surface area contributed by atoms with E-state index in [0.29, 0.717) is 13.1 Å². The Balaban J connectivity index is 2.32. The van der Waals surface area contributed by atoms with Crippen LogP contribution < -0.4 is 5.32 Å². The highest BCUT2D eigenvalue weighted by Gasteiger charge is 2.08. The molecule has 0 aromatic heterocycles. The van der Waals surface area contributed by atoms with Gasteiger partial charge < -0.3 is 15.3 Å². The van der Waals surface area contributed by atoms with Crippen LogP contribution in [0.25, 0.3) is 0 Å². The van der Waals surface area contributed by atoms with Crippen molar-refractivity contribution in [2.24, 2.45) is 0 Å². The molecule has 6 heteroatoms. The molecule has 5 nitrogen and oxygen atoms in total. The average molecular weight is 268 g/mol. The number of anilines is 1. The summed E-state index contributed by atoms with van der Waals surface area (Å²) >= 11 is 0. The lowest BCUT2D eigenvalue weighted by Gasteiger charge is -2.15. The Bertz CT molecular complexity index is 451. The van der Waals surface area contributed by atoms with Gasteiger partial charge in [-0.15, -0.1) is 0 Å². The van der Waals surface area contributed by atoms with Gasteiger partial charge in [0.1, 0.15) is 5.82 Å². The maximum Gasteiger partial charge on any atom is 0.304 e. The number of carbonyl (C=O) groups excluding carboxylic acids is 1. The van der Waals surface area contributed by atoms with Gasteiger partial charge >= 0.3 is 5.97 Å². The minimum Gasteiger partial charge on any atom is -0.481 e. The van der Waals surface area contributed by atoms with Gasteiger partial charge in [0, 0.05) is 19.5 Å². The fourth-order valence-electron chi connectivity index (χ4n) is 1.47. The van der Waals surface area contributed by atoms with Gasteiger partial charge in [0.2, 0.25) is 5.91 Å². The Morgan fingerprint density at radius 1 is 1.26 bits per heavy atom. The number of carboxylic acids is 1. The number of benzene rings is 1. The standard InChI is InChI=1S/C13H17FN2O3/c1-16(9-7-13(18)19)8-6-12(17)15-11-5-3-2-4-10(11)14/h2-5H,6-9H2,1H3,(H,15,17)(H,18,19). The maximum atomic E-state index is 13.3. The summed E-state index contributed by atoms with van der Waals surface area (Å²) < 4.78 is 13.3. The van der Waals surface area contributed by atoms with Crippen molar-refractivity contribution in [3.05, 3.63) is 30.1 Å². The Morgan fingerprint density at radius 3 is 2.53 bits per heavy atom. The monoisotopic (exact) mass is 268 g/mol. The van der Waals surface area contributed by atoms with Crippen molar-refractivity contribution < 1.29 is 19.1 Å². The highest BCUT2D eigenvalue weighted by molar-refractivity contribution is 5.90. The zero-order chi connectivity index (χ0) is 14.3. The number of hydrogen-bond donors (Lipinski definition) is 2. The van der Waals surface area contributed by atoms with Crippen molar-refractivity contribution in [1.29, 1.82) is 0 Å². The van der Waals surface area contributed by atoms with E-state index in [2.05, 4.69) is 5.32 Å². The molecule has 0 saturated carbocycles. The Labute approximate surface area is 111 Å². The normalized spacial score (nSPS) is 10.5. The molecule has 0 spiro atoms. The molecule has 1 amide bonds. The second kappa shape index (κ2) is 7.48. The summed E-state index contributed by atoms with van der Waals surface area (Å²) in [5.74, 6) is -1.65. The predicted molar refractivity (Wildman–Crippen MR) is 69.4 cm³/mol. The largest absolute Gasteiger partial charge is 0.481 e. The summed E-state index contributed by atoms with van der Waals surface area (Å²) in [5, 5.41) is 11.0. The van der Waals surface area contributed by atoms with Gasteiger partial charge in [0.15, 0.2) is 0 Å². The second-order valence-corrected chi connectivity index (χ2v) is 4.23. The number of rotatable bonds is 7. The van der Waals surface area contributed by atoms with Gasteiger partial charge in [0.05, 0.1) is 12.1 Å². The van der Waals surface area contributed by atoms with Crippen LogP contribution in [-0.2, 0) is 9.59 Å². The van der Waals surface area contributed by atoms with Crippen molar-refractivity contribution >= 4 is 17.6 Å². The van der Waals surface area contributed by atoms with Crippen molar-refractivity contribution in [1.82, 2.24) is 4.90 Å². The number of nitrogens with zero attached hydrogens (tertiary/aromatic N) is 1. The molecule has 0 radical (unpaired) electrons. The molecular formula is C13H17FN2O3. The summed E-state index contributed by atoms with van der Waals surface area (Å²) in [6.07, 6.45) is 0.218. The first-order valence-electron chi connectivity index (χ1n) is 5.93. The van der Waals surface area contributed by atoms with Crippen molar-refractivity contribution in [2.75, 3.05) is 25.5 Å². The Morgan fingerprint density at radius 2 is 1.89 bits per heavy atom. The van der Waals surface area contributed by atoms with Crippen LogP contribution in [0.2, 0.25) is 0 Å². The Hall–Kier alpha value is -1.95. The molecule has 1 aromatic carbocycles. The van der Waals surface area contributed by atoms with E-state index in [9.17, 15) is 14.0 Å². The predicted octanol–water partition coefficient (Wildman–Crippen LogP) is 1.56. The first-order valence-corrected chi connectivity index (χ1v) is 5.93. The number of halogens is 1. The first kappa shape index (κ1) is 15.1. The molecule has 2 N–H and O–H groups in total. The zero-order valence-corrected chi connectivity index (χ0v) is 10.7. The number of para-hydroxylation sites is 1. The summed E-state index contributed by atoms with van der Waals surface area (Å²) in [4.78, 5) is 23.7. The molecule has 0 aliphatic carbocycles. The molecule has 19 heavy (non-hydrogen) atoms. The molecular weight excluding hydrogens is 251 g/mol. The van der Waals surface area contributed by atoms with E-state index < -0.39 is 11.8 Å². The SMILES string of the molecule is CN(CCC(=O)O)CCC(=O)Nc1ccccc1F. The van der Waals surface area contributed by atoms with E-state index in [-0.39, 0.29) is 24.4 Å². The van der Waals surface area contributed by atoms with Gasteiger partial charge in [0.25, 0.3) is 0 Å². The fourth-order valence-corrected chi connectivity index (χ4v) is 1.47. The van der Waals surface area contributed by atoms with Crippen molar-refractivity contribution in [3.63, 3.8) is 0 Å².